The molecule has 0 fully saturated rings. The molecule has 0 unspecified atom stereocenters. The summed E-state index contributed by atoms with van der Waals surface area (Å²) in [7, 11) is 0. The molecule has 6 aromatic carbocycles. The zero-order valence-corrected chi connectivity index (χ0v) is 23.3. The Bertz CT molecular complexity index is 1710. The summed E-state index contributed by atoms with van der Waals surface area (Å²) in [6.07, 6.45) is 1.82. The molecule has 0 radical (unpaired) electrons. The summed E-state index contributed by atoms with van der Waals surface area (Å²) < 4.78 is 0. The third-order valence-corrected chi connectivity index (χ3v) is 7.81. The first-order chi connectivity index (χ1) is 19.6. The van der Waals surface area contributed by atoms with Crippen molar-refractivity contribution in [1.29, 1.82) is 0 Å². The molecule has 0 N–H and O–H groups in total. The third kappa shape index (κ3) is 5.82. The Labute approximate surface area is 238 Å². The zero-order chi connectivity index (χ0) is 27.3. The quantitative estimate of drug-likeness (QED) is 0.199. The third-order valence-electron chi connectivity index (χ3n) is 7.81. The van der Waals surface area contributed by atoms with Crippen LogP contribution < -0.4 is 0 Å². The van der Waals surface area contributed by atoms with Gasteiger partial charge < -0.3 is 0 Å². The minimum atomic E-state index is 0.907. The van der Waals surface area contributed by atoms with Crippen molar-refractivity contribution in [1.82, 2.24) is 0 Å². The van der Waals surface area contributed by atoms with Gasteiger partial charge in [0.2, 0.25) is 0 Å². The van der Waals surface area contributed by atoms with Crippen LogP contribution in [0.3, 0.4) is 0 Å². The van der Waals surface area contributed by atoms with Crippen molar-refractivity contribution in [3.05, 3.63) is 179 Å². The smallest absolute Gasteiger partial charge is 0.00196 e. The molecule has 0 bridgehead atoms. The number of aryl methyl sites for hydroxylation is 2. The second-order valence-electron chi connectivity index (χ2n) is 10.8. The van der Waals surface area contributed by atoms with Gasteiger partial charge in [0.1, 0.15) is 0 Å². The molecule has 194 valence electrons. The topological polar surface area (TPSA) is 0 Å². The van der Waals surface area contributed by atoms with Gasteiger partial charge in [-0.1, -0.05) is 151 Å². The van der Waals surface area contributed by atoms with Crippen LogP contribution in [-0.4, -0.2) is 0 Å². The van der Waals surface area contributed by atoms with Crippen molar-refractivity contribution in [2.75, 3.05) is 0 Å². The van der Waals surface area contributed by atoms with Crippen LogP contribution in [0, 0.1) is 13.8 Å². The summed E-state index contributed by atoms with van der Waals surface area (Å²) in [5.74, 6) is 0. The monoisotopic (exact) mass is 514 g/mol. The molecule has 6 rings (SSSR count). The maximum Gasteiger partial charge on any atom is -0.00196 e. The van der Waals surface area contributed by atoms with Crippen molar-refractivity contribution >= 4 is 0 Å². The van der Waals surface area contributed by atoms with Gasteiger partial charge in [-0.25, -0.2) is 0 Å². The van der Waals surface area contributed by atoms with Gasteiger partial charge in [0.25, 0.3) is 0 Å². The summed E-state index contributed by atoms with van der Waals surface area (Å²) in [5.41, 5.74) is 15.6. The van der Waals surface area contributed by atoms with Crippen molar-refractivity contribution in [3.8, 4) is 33.4 Å². The van der Waals surface area contributed by atoms with E-state index in [9.17, 15) is 0 Å². The molecule has 0 aliphatic rings. The fourth-order valence-electron chi connectivity index (χ4n) is 5.48. The Morgan fingerprint density at radius 2 is 0.875 bits per heavy atom. The lowest BCUT2D eigenvalue weighted by Gasteiger charge is -2.15. The van der Waals surface area contributed by atoms with Crippen LogP contribution in [0.15, 0.2) is 146 Å². The molecule has 0 aliphatic carbocycles. The molecule has 40 heavy (non-hydrogen) atoms. The Kier molecular flexibility index (Phi) is 7.42. The van der Waals surface area contributed by atoms with E-state index < -0.39 is 0 Å². The summed E-state index contributed by atoms with van der Waals surface area (Å²) in [6, 6.07) is 53.2. The van der Waals surface area contributed by atoms with Crippen molar-refractivity contribution < 1.29 is 0 Å². The van der Waals surface area contributed by atoms with Gasteiger partial charge in [0, 0.05) is 0 Å². The first-order valence-electron chi connectivity index (χ1n) is 14.1. The van der Waals surface area contributed by atoms with Gasteiger partial charge in [-0.05, 0) is 87.9 Å². The fourth-order valence-corrected chi connectivity index (χ4v) is 5.48. The van der Waals surface area contributed by atoms with Crippen molar-refractivity contribution in [2.45, 2.75) is 26.7 Å². The highest BCUT2D eigenvalue weighted by molar-refractivity contribution is 5.72. The highest BCUT2D eigenvalue weighted by Crippen LogP contribution is 2.31. The van der Waals surface area contributed by atoms with E-state index in [1.807, 2.05) is 0 Å². The molecule has 6 aromatic rings. The molecule has 0 spiro atoms. The molecule has 0 aromatic heterocycles. The van der Waals surface area contributed by atoms with Gasteiger partial charge in [0.05, 0.1) is 0 Å². The predicted octanol–water partition coefficient (Wildman–Crippen LogP) is 10.5. The normalized spacial score (nSPS) is 10.9. The molecule has 0 nitrogen and oxygen atoms in total. The van der Waals surface area contributed by atoms with Crippen LogP contribution in [0.5, 0.6) is 0 Å². The van der Waals surface area contributed by atoms with E-state index in [1.54, 1.807) is 0 Å². The molecule has 0 saturated heterocycles. The lowest BCUT2D eigenvalue weighted by molar-refractivity contribution is 1.15. The summed E-state index contributed by atoms with van der Waals surface area (Å²) in [5, 5.41) is 0. The Morgan fingerprint density at radius 3 is 1.50 bits per heavy atom. The maximum atomic E-state index is 2.41. The number of hydrogen-bond donors (Lipinski definition) is 0. The van der Waals surface area contributed by atoms with Crippen LogP contribution in [0.1, 0.15) is 33.4 Å². The van der Waals surface area contributed by atoms with Crippen molar-refractivity contribution in [3.63, 3.8) is 0 Å². The highest BCUT2D eigenvalue weighted by Gasteiger charge is 2.11. The predicted molar refractivity (Wildman–Crippen MR) is 171 cm³/mol. The molecule has 0 saturated carbocycles. The number of rotatable bonds is 7. The largest absolute Gasteiger partial charge is 0.0622 e. The summed E-state index contributed by atoms with van der Waals surface area (Å²) in [4.78, 5) is 0. The van der Waals surface area contributed by atoms with Crippen molar-refractivity contribution in [2.24, 2.45) is 0 Å². The van der Waals surface area contributed by atoms with Gasteiger partial charge in [-0.3, -0.25) is 0 Å². The second kappa shape index (κ2) is 11.6. The Hall–Kier alpha value is -4.68. The first kappa shape index (κ1) is 25.6. The maximum absolute atomic E-state index is 2.41. The van der Waals surface area contributed by atoms with Crippen LogP contribution in [0.4, 0.5) is 0 Å². The van der Waals surface area contributed by atoms with Crippen LogP contribution >= 0.6 is 0 Å². The SMILES string of the molecule is Cc1ccc(-c2ccc(Cc3ccc(Cc4ccc(-c5ccccc5)cc4)c(-c4ccccc4C)c3)cc2)cc1. The number of hydrogen-bond acceptors (Lipinski definition) is 0. The minimum Gasteiger partial charge on any atom is -0.0622 e. The average Bonchev–Trinajstić information content (AvgIpc) is 3.00. The van der Waals surface area contributed by atoms with E-state index >= 15 is 0 Å². The second-order valence-corrected chi connectivity index (χ2v) is 10.8. The molecular formula is C40H34. The standard InChI is InChI=1S/C40H34/c1-29-12-19-35(20-13-29)37-21-14-31(15-22-37)26-33-18-25-38(40(28-33)39-11-7-6-8-30(39)2)27-32-16-23-36(24-17-32)34-9-4-3-5-10-34/h3-25,28H,26-27H2,1-2H3. The number of benzene rings is 6. The zero-order valence-electron chi connectivity index (χ0n) is 23.3. The average molecular weight is 515 g/mol. The lowest BCUT2D eigenvalue weighted by Crippen LogP contribution is -1.97. The van der Waals surface area contributed by atoms with E-state index in [-0.39, 0.29) is 0 Å². The van der Waals surface area contributed by atoms with E-state index in [0.717, 1.165) is 12.8 Å². The van der Waals surface area contributed by atoms with E-state index in [1.165, 1.54) is 66.8 Å². The molecule has 0 amide bonds. The summed E-state index contributed by atoms with van der Waals surface area (Å²) >= 11 is 0. The molecular weight excluding hydrogens is 480 g/mol. The molecule has 0 aliphatic heterocycles. The molecule has 0 heterocycles. The van der Waals surface area contributed by atoms with Gasteiger partial charge in [0.15, 0.2) is 0 Å². The van der Waals surface area contributed by atoms with Crippen LogP contribution in [-0.2, 0) is 12.8 Å². The minimum absolute atomic E-state index is 0.907. The van der Waals surface area contributed by atoms with Gasteiger partial charge >= 0.3 is 0 Å². The van der Waals surface area contributed by atoms with Gasteiger partial charge in [-0.2, -0.15) is 0 Å². The fraction of sp³-hybridized carbons (Fsp3) is 0.100. The highest BCUT2D eigenvalue weighted by atomic mass is 14.2. The van der Waals surface area contributed by atoms with E-state index in [4.69, 9.17) is 0 Å². The summed E-state index contributed by atoms with van der Waals surface area (Å²) in [6.45, 7) is 4.34. The Balaban J connectivity index is 1.27. The molecule has 0 atom stereocenters. The van der Waals surface area contributed by atoms with Gasteiger partial charge in [-0.15, -0.1) is 0 Å². The van der Waals surface area contributed by atoms with E-state index in [0.29, 0.717) is 0 Å². The lowest BCUT2D eigenvalue weighted by atomic mass is 9.89. The van der Waals surface area contributed by atoms with Crippen LogP contribution in [0.25, 0.3) is 33.4 Å². The molecule has 0 heteroatoms. The van der Waals surface area contributed by atoms with E-state index in [2.05, 4.69) is 159 Å². The Morgan fingerprint density at radius 1 is 0.375 bits per heavy atom. The van der Waals surface area contributed by atoms with Crippen LogP contribution in [0.2, 0.25) is 0 Å². The first-order valence-corrected chi connectivity index (χ1v) is 14.1.